The predicted molar refractivity (Wildman–Crippen MR) is 228 cm³/mol. The molecule has 2 fully saturated rings. The van der Waals surface area contributed by atoms with Crippen LogP contribution in [0.2, 0.25) is 0 Å². The molecule has 0 bridgehead atoms. The summed E-state index contributed by atoms with van der Waals surface area (Å²) in [7, 11) is 1.66. The van der Waals surface area contributed by atoms with Crippen LogP contribution in [0.25, 0.3) is 0 Å². The summed E-state index contributed by atoms with van der Waals surface area (Å²) in [5.74, 6) is -1.81. The Morgan fingerprint density at radius 2 is 1.67 bits per heavy atom. The third-order valence-corrected chi connectivity index (χ3v) is 9.32. The molecular weight excluding hydrogens is 775 g/mol. The van der Waals surface area contributed by atoms with Crippen LogP contribution in [-0.2, 0) is 46.6 Å². The molecule has 1 atom stereocenters. The second kappa shape index (κ2) is 29.3. The number of carbonyl (C=O) groups is 7. The van der Waals surface area contributed by atoms with Gasteiger partial charge >= 0.3 is 12.2 Å². The average Bonchev–Trinajstić information content (AvgIpc) is 3.53. The highest BCUT2D eigenvalue weighted by Crippen LogP contribution is 2.33. The van der Waals surface area contributed by atoms with Gasteiger partial charge in [0.1, 0.15) is 12.6 Å². The third-order valence-electron chi connectivity index (χ3n) is 9.32. The van der Waals surface area contributed by atoms with Gasteiger partial charge in [-0.05, 0) is 79.9 Å². The van der Waals surface area contributed by atoms with E-state index < -0.39 is 42.5 Å². The van der Waals surface area contributed by atoms with Crippen LogP contribution in [0.3, 0.4) is 0 Å². The quantitative estimate of drug-likeness (QED) is 0.0608. The van der Waals surface area contributed by atoms with Gasteiger partial charge < -0.3 is 51.4 Å². The van der Waals surface area contributed by atoms with Gasteiger partial charge in [-0.1, -0.05) is 46.6 Å². The molecule has 2 saturated carbocycles. The van der Waals surface area contributed by atoms with Crippen molar-refractivity contribution in [2.45, 2.75) is 111 Å². The lowest BCUT2D eigenvalue weighted by atomic mass is 9.84. The van der Waals surface area contributed by atoms with E-state index in [0.717, 1.165) is 44.2 Å². The van der Waals surface area contributed by atoms with Crippen molar-refractivity contribution >= 4 is 47.4 Å². The van der Waals surface area contributed by atoms with E-state index in [9.17, 15) is 33.6 Å². The molecule has 1 heterocycles. The molecule has 1 aliphatic heterocycles. The average molecular weight is 840 g/mol. The number of terminal acetylenes is 1. The Morgan fingerprint density at radius 3 is 2.25 bits per heavy atom. The number of amides is 7. The molecule has 17 nitrogen and oxygen atoms in total. The number of hydrogen-bond donors (Lipinski definition) is 6. The van der Waals surface area contributed by atoms with Gasteiger partial charge in [-0.25, -0.2) is 9.59 Å². The van der Waals surface area contributed by atoms with Crippen LogP contribution in [-0.4, -0.2) is 103 Å². The van der Waals surface area contributed by atoms with Gasteiger partial charge in [0.15, 0.2) is 0 Å². The van der Waals surface area contributed by atoms with Crippen molar-refractivity contribution < 1.29 is 48.1 Å². The maximum atomic E-state index is 13.4. The lowest BCUT2D eigenvalue weighted by Gasteiger charge is -2.29. The van der Waals surface area contributed by atoms with Crippen molar-refractivity contribution in [2.75, 3.05) is 45.2 Å². The minimum Gasteiger partial charge on any atom is -0.450 e. The van der Waals surface area contributed by atoms with Crippen molar-refractivity contribution in [3.63, 3.8) is 0 Å². The maximum absolute atomic E-state index is 13.4. The molecular formula is C43H65N7O10. The van der Waals surface area contributed by atoms with Crippen molar-refractivity contribution in [3.8, 4) is 12.8 Å². The van der Waals surface area contributed by atoms with Gasteiger partial charge in [0.25, 0.3) is 5.91 Å². The lowest BCUT2D eigenvalue weighted by Crippen LogP contribution is -2.47. The van der Waals surface area contributed by atoms with Gasteiger partial charge in [-0.3, -0.25) is 24.0 Å². The summed E-state index contributed by atoms with van der Waals surface area (Å²) >= 11 is 0. The van der Waals surface area contributed by atoms with Crippen LogP contribution in [0.4, 0.5) is 15.3 Å². The van der Waals surface area contributed by atoms with Crippen LogP contribution in [0.15, 0.2) is 41.6 Å². The second-order valence-corrected chi connectivity index (χ2v) is 13.9. The summed E-state index contributed by atoms with van der Waals surface area (Å²) in [5, 5.41) is 19.3. The topological polar surface area (TPSA) is 239 Å². The number of carbonyl (C=O) groups excluding carboxylic acids is 6. The van der Waals surface area contributed by atoms with E-state index in [1.807, 2.05) is 19.9 Å². The van der Waals surface area contributed by atoms with Crippen molar-refractivity contribution in [3.05, 3.63) is 52.7 Å². The number of carboxylic acid groups (broad SMARTS) is 1. The van der Waals surface area contributed by atoms with E-state index in [4.69, 9.17) is 20.3 Å². The third kappa shape index (κ3) is 18.8. The van der Waals surface area contributed by atoms with E-state index in [1.165, 1.54) is 12.0 Å². The first-order valence-electron chi connectivity index (χ1n) is 20.6. The number of urea groups is 1. The number of allylic oxidation sites excluding steroid dienone is 2. The van der Waals surface area contributed by atoms with Gasteiger partial charge in [0.05, 0.1) is 19.8 Å². The zero-order valence-electron chi connectivity index (χ0n) is 35.8. The molecule has 3 aliphatic rings. The number of ether oxygens (including phenoxy) is 2. The summed E-state index contributed by atoms with van der Waals surface area (Å²) in [4.78, 5) is 89.1. The fraction of sp³-hybridized carbons (Fsp3) is 0.558. The molecule has 60 heavy (non-hydrogen) atoms. The molecule has 0 aromatic heterocycles. The van der Waals surface area contributed by atoms with Gasteiger partial charge in [-0.2, -0.15) is 0 Å². The fourth-order valence-corrected chi connectivity index (χ4v) is 5.98. The monoisotopic (exact) mass is 839 g/mol. The SMILES string of the molecule is C#C.CC.CCC.CN(Cc1cc(NC(=O)[C@H](CCCNC(N)=O)NC(=O)CNC(=O)CCOCCN2C(=O)C=CC2=C2CCC2)ccc1COC(=O)O)C(=O)C1CCC1. The molecule has 2 aliphatic carbocycles. The smallest absolute Gasteiger partial charge is 0.450 e. The van der Waals surface area contributed by atoms with E-state index in [-0.39, 0.29) is 69.9 Å². The number of nitrogens with zero attached hydrogens (tertiary/aromatic N) is 2. The molecule has 1 aromatic carbocycles. The highest BCUT2D eigenvalue weighted by Gasteiger charge is 2.29. The van der Waals surface area contributed by atoms with Crippen LogP contribution >= 0.6 is 0 Å². The highest BCUT2D eigenvalue weighted by atomic mass is 16.7. The van der Waals surface area contributed by atoms with Crippen molar-refractivity contribution in [1.82, 2.24) is 25.8 Å². The summed E-state index contributed by atoms with van der Waals surface area (Å²) < 4.78 is 10.3. The molecule has 1 aromatic rings. The number of nitrogens with one attached hydrogen (secondary N) is 4. The number of rotatable bonds is 20. The first-order valence-corrected chi connectivity index (χ1v) is 20.6. The van der Waals surface area contributed by atoms with Crippen LogP contribution in [0.5, 0.6) is 0 Å². The summed E-state index contributed by atoms with van der Waals surface area (Å²) in [6.07, 6.45) is 17.3. The number of hydrogen-bond acceptors (Lipinski definition) is 9. The van der Waals surface area contributed by atoms with Crippen molar-refractivity contribution in [1.29, 1.82) is 0 Å². The molecule has 0 saturated heterocycles. The molecule has 17 heteroatoms. The van der Waals surface area contributed by atoms with Gasteiger partial charge in [0.2, 0.25) is 23.6 Å². The van der Waals surface area contributed by atoms with Crippen molar-refractivity contribution in [2.24, 2.45) is 11.7 Å². The van der Waals surface area contributed by atoms with Gasteiger partial charge in [0, 0.05) is 56.5 Å². The Bertz CT molecular complexity index is 1670. The normalized spacial score (nSPS) is 14.2. The summed E-state index contributed by atoms with van der Waals surface area (Å²) in [6, 6.07) is 2.95. The zero-order valence-corrected chi connectivity index (χ0v) is 35.8. The molecule has 0 unspecified atom stereocenters. The molecule has 7 N–H and O–H groups in total. The number of primary amides is 1. The standard InChI is InChI=1S/C36H49N7O10.C3H8.C2H6.C2H2/c1-42(34(48)24-7-3-8-24)21-26-19-27(11-10-25(26)22-53-36(50)51)40-33(47)28(9-4-15-38-35(37)49)41-31(45)20-39-30(44)14-17-52-18-16-43-29(12-13-32(43)46)23-5-2-6-23;1-3-2;2*1-2/h10-13,19,24,28H,2-9,14-18,20-22H2,1H3,(H,39,44)(H,40,47)(H,41,45)(H,50,51)(H3,37,38,49);3H2,1-2H3;1-2H3;1-2H/t28-;;;/m0.../s1. The van der Waals surface area contributed by atoms with Gasteiger partial charge in [-0.15, -0.1) is 12.8 Å². The minimum atomic E-state index is -1.46. The number of benzene rings is 1. The Hall–Kier alpha value is -5.89. The van der Waals surface area contributed by atoms with Crippen LogP contribution in [0.1, 0.15) is 103 Å². The predicted octanol–water partition coefficient (Wildman–Crippen LogP) is 4.56. The largest absolute Gasteiger partial charge is 0.506 e. The fourth-order valence-electron chi connectivity index (χ4n) is 5.98. The van der Waals surface area contributed by atoms with E-state index in [2.05, 4.69) is 48.0 Å². The number of nitrogens with two attached hydrogens (primary N) is 1. The Balaban J connectivity index is 0.00000242. The first-order chi connectivity index (χ1) is 28.8. The van der Waals surface area contributed by atoms with Crippen LogP contribution in [0, 0.1) is 18.8 Å². The van der Waals surface area contributed by atoms with E-state index >= 15 is 0 Å². The molecule has 4 rings (SSSR count). The minimum absolute atomic E-state index is 0.0204. The second-order valence-electron chi connectivity index (χ2n) is 13.9. The molecule has 0 spiro atoms. The summed E-state index contributed by atoms with van der Waals surface area (Å²) in [6.45, 7) is 8.58. The molecule has 7 amide bonds. The molecule has 0 radical (unpaired) electrons. The maximum Gasteiger partial charge on any atom is 0.506 e. The first kappa shape index (κ1) is 52.1. The summed E-state index contributed by atoms with van der Waals surface area (Å²) in [5.41, 5.74) is 8.75. The number of anilines is 1. The van der Waals surface area contributed by atoms with E-state index in [0.29, 0.717) is 23.4 Å². The Morgan fingerprint density at radius 1 is 0.983 bits per heavy atom. The molecule has 332 valence electrons. The Labute approximate surface area is 354 Å². The Kier molecular flexibility index (Phi) is 25.5. The lowest BCUT2D eigenvalue weighted by molar-refractivity contribution is -0.137. The van der Waals surface area contributed by atoms with E-state index in [1.54, 1.807) is 41.1 Å². The zero-order chi connectivity index (χ0) is 45.0. The van der Waals surface area contributed by atoms with Crippen LogP contribution < -0.4 is 27.0 Å². The highest BCUT2D eigenvalue weighted by molar-refractivity contribution is 5.98.